The van der Waals surface area contributed by atoms with Gasteiger partial charge in [0, 0.05) is 12.4 Å². The van der Waals surface area contributed by atoms with Gasteiger partial charge in [-0.2, -0.15) is 0 Å². The predicted molar refractivity (Wildman–Crippen MR) is 139 cm³/mol. The molecule has 1 aliphatic rings. The van der Waals surface area contributed by atoms with Gasteiger partial charge in [-0.15, -0.1) is 11.8 Å². The highest BCUT2D eigenvalue weighted by Crippen LogP contribution is 2.28. The van der Waals surface area contributed by atoms with E-state index in [1.54, 1.807) is 0 Å². The first kappa shape index (κ1) is 26.7. The molecule has 31 heavy (non-hydrogen) atoms. The first-order valence-electron chi connectivity index (χ1n) is 13.4. The Morgan fingerprint density at radius 2 is 1.26 bits per heavy atom. The number of benzene rings is 1. The van der Waals surface area contributed by atoms with Gasteiger partial charge in [-0.3, -0.25) is 4.90 Å². The summed E-state index contributed by atoms with van der Waals surface area (Å²) in [6, 6.07) is 10.7. The molecule has 0 bridgehead atoms. The highest BCUT2D eigenvalue weighted by molar-refractivity contribution is 7.99. The van der Waals surface area contributed by atoms with E-state index in [1.807, 2.05) is 0 Å². The Labute approximate surface area is 197 Å². The van der Waals surface area contributed by atoms with Gasteiger partial charge in [-0.25, -0.2) is 0 Å². The van der Waals surface area contributed by atoms with Crippen molar-refractivity contribution in [3.05, 3.63) is 35.9 Å². The minimum absolute atomic E-state index is 0.166. The smallest absolute Gasteiger partial charge is 0.137 e. The van der Waals surface area contributed by atoms with E-state index in [4.69, 9.17) is 4.74 Å². The molecule has 1 aliphatic heterocycles. The number of hydrogen-bond acceptors (Lipinski definition) is 3. The summed E-state index contributed by atoms with van der Waals surface area (Å²) in [5.41, 5.74) is 1.29. The van der Waals surface area contributed by atoms with Crippen LogP contribution in [-0.2, 0) is 4.74 Å². The van der Waals surface area contributed by atoms with Crippen molar-refractivity contribution in [2.45, 2.75) is 116 Å². The molecule has 0 aromatic heterocycles. The summed E-state index contributed by atoms with van der Waals surface area (Å²) >= 11 is 2.08. The second kappa shape index (κ2) is 19.0. The van der Waals surface area contributed by atoms with Crippen LogP contribution in [0.4, 0.5) is 0 Å². The number of rotatable bonds is 20. The largest absolute Gasteiger partial charge is 0.357 e. The van der Waals surface area contributed by atoms with E-state index in [9.17, 15) is 0 Å². The lowest BCUT2D eigenvalue weighted by molar-refractivity contribution is 0.0424. The lowest BCUT2D eigenvalue weighted by Crippen LogP contribution is -2.23. The number of unbranched alkanes of at least 4 members (excludes halogenated alkanes) is 15. The zero-order valence-electron chi connectivity index (χ0n) is 20.4. The predicted octanol–water partition coefficient (Wildman–Crippen LogP) is 8.97. The van der Waals surface area contributed by atoms with Crippen molar-refractivity contribution < 1.29 is 4.74 Å². The Morgan fingerprint density at radius 1 is 0.742 bits per heavy atom. The zero-order chi connectivity index (χ0) is 21.8. The SMILES string of the molecule is CCCCCCCCCCCCCCCCCCSCN1CCOC1c1ccccc1. The second-order valence-corrected chi connectivity index (χ2v) is 10.4. The van der Waals surface area contributed by atoms with E-state index >= 15 is 0 Å². The fourth-order valence-electron chi connectivity index (χ4n) is 4.50. The average molecular weight is 448 g/mol. The minimum Gasteiger partial charge on any atom is -0.357 e. The molecule has 178 valence electrons. The van der Waals surface area contributed by atoms with E-state index in [0.29, 0.717) is 0 Å². The maximum absolute atomic E-state index is 5.95. The normalized spacial score (nSPS) is 16.9. The quantitative estimate of drug-likeness (QED) is 0.185. The molecule has 0 N–H and O–H groups in total. The summed E-state index contributed by atoms with van der Waals surface area (Å²) in [5, 5.41) is 0. The van der Waals surface area contributed by atoms with Gasteiger partial charge in [-0.1, -0.05) is 134 Å². The van der Waals surface area contributed by atoms with Gasteiger partial charge in [0.15, 0.2) is 0 Å². The van der Waals surface area contributed by atoms with Crippen LogP contribution in [0.5, 0.6) is 0 Å². The molecule has 0 aliphatic carbocycles. The van der Waals surface area contributed by atoms with Crippen molar-refractivity contribution in [1.82, 2.24) is 4.90 Å². The standard InChI is InChI=1S/C28H49NOS/c1-2-3-4-5-6-7-8-9-10-11-12-13-14-15-16-20-25-31-26-29-23-24-30-28(29)27-21-18-17-19-22-27/h17-19,21-22,28H,2-16,20,23-26H2,1H3. The lowest BCUT2D eigenvalue weighted by Gasteiger charge is -2.22. The van der Waals surface area contributed by atoms with Crippen molar-refractivity contribution in [3.63, 3.8) is 0 Å². The van der Waals surface area contributed by atoms with E-state index in [0.717, 1.165) is 19.0 Å². The fraction of sp³-hybridized carbons (Fsp3) is 0.786. The van der Waals surface area contributed by atoms with Crippen LogP contribution in [0.15, 0.2) is 30.3 Å². The second-order valence-electron chi connectivity index (χ2n) is 9.29. The van der Waals surface area contributed by atoms with Crippen molar-refractivity contribution in [2.75, 3.05) is 24.8 Å². The first-order chi connectivity index (χ1) is 15.4. The highest BCUT2D eigenvalue weighted by Gasteiger charge is 2.26. The van der Waals surface area contributed by atoms with Gasteiger partial charge in [0.1, 0.15) is 6.23 Å². The molecule has 1 unspecified atom stereocenters. The van der Waals surface area contributed by atoms with E-state index < -0.39 is 0 Å². The van der Waals surface area contributed by atoms with Gasteiger partial charge < -0.3 is 4.74 Å². The maximum atomic E-state index is 5.95. The molecule has 1 aromatic rings. The number of ether oxygens (including phenoxy) is 1. The van der Waals surface area contributed by atoms with Gasteiger partial charge >= 0.3 is 0 Å². The topological polar surface area (TPSA) is 12.5 Å². The third-order valence-corrected chi connectivity index (χ3v) is 7.56. The summed E-state index contributed by atoms with van der Waals surface area (Å²) < 4.78 is 5.95. The maximum Gasteiger partial charge on any atom is 0.137 e. The lowest BCUT2D eigenvalue weighted by atomic mass is 10.0. The van der Waals surface area contributed by atoms with E-state index in [-0.39, 0.29) is 6.23 Å². The third kappa shape index (κ3) is 12.9. The van der Waals surface area contributed by atoms with Crippen LogP contribution in [0.25, 0.3) is 0 Å². The number of nitrogens with zero attached hydrogens (tertiary/aromatic N) is 1. The number of thioether (sulfide) groups is 1. The highest BCUT2D eigenvalue weighted by atomic mass is 32.2. The van der Waals surface area contributed by atoms with Crippen molar-refractivity contribution in [2.24, 2.45) is 0 Å². The van der Waals surface area contributed by atoms with E-state index in [1.165, 1.54) is 114 Å². The fourth-order valence-corrected chi connectivity index (χ4v) is 5.53. The summed E-state index contributed by atoms with van der Waals surface area (Å²) in [6.07, 6.45) is 23.3. The van der Waals surface area contributed by atoms with Crippen LogP contribution < -0.4 is 0 Å². The molecule has 1 aromatic carbocycles. The molecular weight excluding hydrogens is 398 g/mol. The molecule has 1 fully saturated rings. The van der Waals surface area contributed by atoms with Crippen molar-refractivity contribution in [3.8, 4) is 0 Å². The van der Waals surface area contributed by atoms with Gasteiger partial charge in [0.25, 0.3) is 0 Å². The Hall–Kier alpha value is -0.510. The molecule has 1 atom stereocenters. The van der Waals surface area contributed by atoms with Crippen molar-refractivity contribution >= 4 is 11.8 Å². The molecule has 1 heterocycles. The molecule has 0 spiro atoms. The Kier molecular flexibility index (Phi) is 16.4. The molecule has 2 rings (SSSR count). The van der Waals surface area contributed by atoms with Crippen LogP contribution in [-0.4, -0.2) is 29.7 Å². The number of hydrogen-bond donors (Lipinski definition) is 0. The van der Waals surface area contributed by atoms with Gasteiger partial charge in [-0.05, 0) is 17.7 Å². The molecule has 0 radical (unpaired) electrons. The van der Waals surface area contributed by atoms with Crippen LogP contribution in [0.1, 0.15) is 121 Å². The molecule has 0 saturated carbocycles. The van der Waals surface area contributed by atoms with Gasteiger partial charge in [0.2, 0.25) is 0 Å². The summed E-state index contributed by atoms with van der Waals surface area (Å²) in [4.78, 5) is 2.48. The Balaban J connectivity index is 1.31. The third-order valence-electron chi connectivity index (χ3n) is 6.47. The minimum atomic E-state index is 0.166. The molecule has 1 saturated heterocycles. The monoisotopic (exact) mass is 447 g/mol. The van der Waals surface area contributed by atoms with Crippen LogP contribution in [0.2, 0.25) is 0 Å². The zero-order valence-corrected chi connectivity index (χ0v) is 21.2. The molecule has 0 amide bonds. The average Bonchev–Trinajstić information content (AvgIpc) is 3.27. The van der Waals surface area contributed by atoms with Crippen LogP contribution in [0.3, 0.4) is 0 Å². The van der Waals surface area contributed by atoms with Gasteiger partial charge in [0.05, 0.1) is 6.61 Å². The first-order valence-corrected chi connectivity index (χ1v) is 14.6. The van der Waals surface area contributed by atoms with Crippen LogP contribution >= 0.6 is 11.8 Å². The summed E-state index contributed by atoms with van der Waals surface area (Å²) in [6.45, 7) is 4.22. The van der Waals surface area contributed by atoms with E-state index in [2.05, 4.69) is 53.9 Å². The van der Waals surface area contributed by atoms with Crippen LogP contribution in [0, 0.1) is 0 Å². The molecular formula is C28H49NOS. The summed E-state index contributed by atoms with van der Waals surface area (Å²) in [7, 11) is 0. The molecule has 2 nitrogen and oxygen atoms in total. The van der Waals surface area contributed by atoms with Crippen molar-refractivity contribution in [1.29, 1.82) is 0 Å². The summed E-state index contributed by atoms with van der Waals surface area (Å²) in [5.74, 6) is 2.38. The Bertz CT molecular complexity index is 509. The Morgan fingerprint density at radius 3 is 1.81 bits per heavy atom. The molecule has 3 heteroatoms.